The molecule has 1 N–H and O–H groups in total. The highest BCUT2D eigenvalue weighted by Crippen LogP contribution is 2.30. The molecule has 0 aliphatic rings. The van der Waals surface area contributed by atoms with Crippen molar-refractivity contribution in [2.45, 2.75) is 46.0 Å². The van der Waals surface area contributed by atoms with Crippen LogP contribution < -0.4 is 0 Å². The lowest BCUT2D eigenvalue weighted by Gasteiger charge is -2.18. The summed E-state index contributed by atoms with van der Waals surface area (Å²) in [6, 6.07) is 4.38. The molecule has 1 aromatic carbocycles. The Morgan fingerprint density at radius 2 is 1.95 bits per heavy atom. The highest BCUT2D eigenvalue weighted by atomic mass is 19.1. The molecule has 0 spiro atoms. The summed E-state index contributed by atoms with van der Waals surface area (Å²) in [5.74, 6) is -1.71. The number of halogens is 1. The van der Waals surface area contributed by atoms with E-state index in [1.54, 1.807) is 6.07 Å². The van der Waals surface area contributed by atoms with Crippen LogP contribution in [0, 0.1) is 5.82 Å². The Bertz CT molecular complexity index is 486. The summed E-state index contributed by atoms with van der Waals surface area (Å²) in [6.45, 7) is 7.76. The predicted octanol–water partition coefficient (Wildman–Crippen LogP) is 4.47. The zero-order valence-corrected chi connectivity index (χ0v) is 11.9. The first kappa shape index (κ1) is 15.4. The molecule has 0 aliphatic carbocycles. The Hall–Kier alpha value is -1.64. The first-order valence-corrected chi connectivity index (χ1v) is 6.48. The number of carboxylic acids is 1. The average Bonchev–Trinajstić information content (AvgIpc) is 2.29. The Morgan fingerprint density at radius 3 is 2.42 bits per heavy atom. The number of benzene rings is 1. The number of rotatable bonds is 5. The third kappa shape index (κ3) is 4.19. The van der Waals surface area contributed by atoms with Crippen LogP contribution >= 0.6 is 0 Å². The van der Waals surface area contributed by atoms with Crippen LogP contribution in [-0.4, -0.2) is 11.1 Å². The van der Waals surface area contributed by atoms with Crippen molar-refractivity contribution < 1.29 is 14.3 Å². The molecule has 19 heavy (non-hydrogen) atoms. The van der Waals surface area contributed by atoms with Crippen molar-refractivity contribution in [2.75, 3.05) is 0 Å². The molecular weight excluding hydrogens is 243 g/mol. The summed E-state index contributed by atoms with van der Waals surface area (Å²) in [5, 5.41) is 9.39. The number of carboxylic acid groups (broad SMARTS) is 1. The van der Waals surface area contributed by atoms with Gasteiger partial charge in [0.25, 0.3) is 0 Å². The van der Waals surface area contributed by atoms with Crippen LogP contribution in [0.4, 0.5) is 4.39 Å². The fourth-order valence-corrected chi connectivity index (χ4v) is 2.08. The van der Waals surface area contributed by atoms with Gasteiger partial charge in [-0.25, -0.2) is 4.39 Å². The normalized spacial score (nSPS) is 12.3. The number of hydrogen-bond acceptors (Lipinski definition) is 1. The first-order valence-electron chi connectivity index (χ1n) is 6.48. The molecule has 0 bridgehead atoms. The predicted molar refractivity (Wildman–Crippen MR) is 74.9 cm³/mol. The second kappa shape index (κ2) is 6.50. The van der Waals surface area contributed by atoms with Gasteiger partial charge >= 0.3 is 5.97 Å². The lowest BCUT2D eigenvalue weighted by Crippen LogP contribution is -2.14. The fourth-order valence-electron chi connectivity index (χ4n) is 2.08. The number of carbonyl (C=O) groups is 1. The molecular formula is C16H21FO2. The van der Waals surface area contributed by atoms with E-state index in [1.165, 1.54) is 12.1 Å². The van der Waals surface area contributed by atoms with Crippen LogP contribution in [0.3, 0.4) is 0 Å². The monoisotopic (exact) mass is 264 g/mol. The van der Waals surface area contributed by atoms with Gasteiger partial charge in [-0.2, -0.15) is 0 Å². The van der Waals surface area contributed by atoms with Crippen molar-refractivity contribution in [3.8, 4) is 0 Å². The minimum Gasteiger partial charge on any atom is -0.481 e. The molecule has 0 aliphatic heterocycles. The van der Waals surface area contributed by atoms with Crippen molar-refractivity contribution in [3.05, 3.63) is 46.8 Å². The van der Waals surface area contributed by atoms with E-state index >= 15 is 0 Å². The summed E-state index contributed by atoms with van der Waals surface area (Å²) < 4.78 is 13.3. The van der Waals surface area contributed by atoms with E-state index in [0.29, 0.717) is 12.0 Å². The molecule has 2 nitrogen and oxygen atoms in total. The minimum absolute atomic E-state index is 0.0965. The summed E-state index contributed by atoms with van der Waals surface area (Å²) in [4.78, 5) is 11.4. The van der Waals surface area contributed by atoms with E-state index < -0.39 is 11.9 Å². The molecule has 0 heterocycles. The summed E-state index contributed by atoms with van der Waals surface area (Å²) in [6.07, 6.45) is 2.34. The van der Waals surface area contributed by atoms with Gasteiger partial charge < -0.3 is 5.11 Å². The van der Waals surface area contributed by atoms with Gasteiger partial charge in [-0.05, 0) is 49.4 Å². The van der Waals surface area contributed by atoms with Gasteiger partial charge in [0.15, 0.2) is 0 Å². The highest BCUT2D eigenvalue weighted by molar-refractivity contribution is 5.77. The molecule has 3 heteroatoms. The highest BCUT2D eigenvalue weighted by Gasteiger charge is 2.23. The van der Waals surface area contributed by atoms with Crippen LogP contribution in [0.2, 0.25) is 0 Å². The maximum absolute atomic E-state index is 13.3. The largest absolute Gasteiger partial charge is 0.481 e. The molecule has 0 saturated carbocycles. The lowest BCUT2D eigenvalue weighted by molar-refractivity contribution is -0.138. The number of hydrogen-bond donors (Lipinski definition) is 1. The minimum atomic E-state index is -0.869. The smallest absolute Gasteiger partial charge is 0.311 e. The standard InChI is InChI=1S/C16H21FO2/c1-10(2)5-7-14(16(18)19)13-8-6-12(17)9-15(13)11(3)4/h5-6,8-9,11,14H,7H2,1-4H3,(H,18,19). The zero-order valence-electron chi connectivity index (χ0n) is 11.9. The fraction of sp³-hybridized carbons (Fsp3) is 0.438. The molecule has 0 fully saturated rings. The van der Waals surface area contributed by atoms with E-state index in [-0.39, 0.29) is 11.7 Å². The topological polar surface area (TPSA) is 37.3 Å². The van der Waals surface area contributed by atoms with Crippen LogP contribution in [0.15, 0.2) is 29.8 Å². The summed E-state index contributed by atoms with van der Waals surface area (Å²) >= 11 is 0. The number of allylic oxidation sites excluding steroid dienone is 2. The van der Waals surface area contributed by atoms with E-state index in [0.717, 1.165) is 11.1 Å². The number of aliphatic carboxylic acids is 1. The molecule has 0 radical (unpaired) electrons. The molecule has 104 valence electrons. The lowest BCUT2D eigenvalue weighted by atomic mass is 9.86. The quantitative estimate of drug-likeness (QED) is 0.796. The Morgan fingerprint density at radius 1 is 1.32 bits per heavy atom. The van der Waals surface area contributed by atoms with Crippen molar-refractivity contribution in [1.29, 1.82) is 0 Å². The zero-order chi connectivity index (χ0) is 14.6. The average molecular weight is 264 g/mol. The van der Waals surface area contributed by atoms with Gasteiger partial charge in [-0.3, -0.25) is 4.79 Å². The molecule has 1 atom stereocenters. The third-order valence-electron chi connectivity index (χ3n) is 3.11. The maximum Gasteiger partial charge on any atom is 0.311 e. The van der Waals surface area contributed by atoms with E-state index in [2.05, 4.69) is 0 Å². The van der Waals surface area contributed by atoms with Gasteiger partial charge in [-0.1, -0.05) is 31.6 Å². The van der Waals surface area contributed by atoms with Crippen LogP contribution in [0.5, 0.6) is 0 Å². The van der Waals surface area contributed by atoms with E-state index in [9.17, 15) is 14.3 Å². The Kier molecular flexibility index (Phi) is 5.28. The van der Waals surface area contributed by atoms with E-state index in [4.69, 9.17) is 0 Å². The van der Waals surface area contributed by atoms with Crippen molar-refractivity contribution in [1.82, 2.24) is 0 Å². The molecule has 0 amide bonds. The first-order chi connectivity index (χ1) is 8.82. The molecule has 0 saturated heterocycles. The van der Waals surface area contributed by atoms with Gasteiger partial charge in [0.2, 0.25) is 0 Å². The second-order valence-corrected chi connectivity index (χ2v) is 5.34. The SMILES string of the molecule is CC(C)=CCC(C(=O)O)c1ccc(F)cc1C(C)C. The van der Waals surface area contributed by atoms with Crippen molar-refractivity contribution in [3.63, 3.8) is 0 Å². The molecule has 1 unspecified atom stereocenters. The van der Waals surface area contributed by atoms with Gasteiger partial charge in [0, 0.05) is 0 Å². The molecule has 1 rings (SSSR count). The Balaban J connectivity index is 3.22. The van der Waals surface area contributed by atoms with Gasteiger partial charge in [0.05, 0.1) is 5.92 Å². The second-order valence-electron chi connectivity index (χ2n) is 5.34. The summed E-state index contributed by atoms with van der Waals surface area (Å²) in [7, 11) is 0. The van der Waals surface area contributed by atoms with Gasteiger partial charge in [-0.15, -0.1) is 0 Å². The van der Waals surface area contributed by atoms with Crippen LogP contribution in [-0.2, 0) is 4.79 Å². The molecule has 1 aromatic rings. The van der Waals surface area contributed by atoms with E-state index in [1.807, 2.05) is 33.8 Å². The maximum atomic E-state index is 13.3. The summed E-state index contributed by atoms with van der Waals surface area (Å²) in [5.41, 5.74) is 2.57. The third-order valence-corrected chi connectivity index (χ3v) is 3.11. The van der Waals surface area contributed by atoms with Crippen molar-refractivity contribution in [2.24, 2.45) is 0 Å². The molecule has 0 aromatic heterocycles. The van der Waals surface area contributed by atoms with Crippen LogP contribution in [0.25, 0.3) is 0 Å². The van der Waals surface area contributed by atoms with Crippen LogP contribution in [0.1, 0.15) is 57.1 Å². The van der Waals surface area contributed by atoms with Gasteiger partial charge in [0.1, 0.15) is 5.82 Å². The van der Waals surface area contributed by atoms with Crippen molar-refractivity contribution >= 4 is 5.97 Å². The Labute approximate surface area is 114 Å².